The van der Waals surface area contributed by atoms with E-state index in [1.807, 2.05) is 0 Å². The molecule has 0 radical (unpaired) electrons. The SMILES string of the molecule is COC(=O)C(C)CC(=O)CC(C)C1(C)CC=C2C3=CCC4C(C)(C)C(O)CCC4(C)C3CCC21C. The van der Waals surface area contributed by atoms with Gasteiger partial charge >= 0.3 is 5.97 Å². The number of fused-ring (bicyclic) bond motifs is 5. The lowest BCUT2D eigenvalue weighted by atomic mass is 9.43. The Hall–Kier alpha value is -1.42. The molecule has 4 rings (SSSR count). The molecule has 2 saturated carbocycles. The van der Waals surface area contributed by atoms with E-state index in [0.29, 0.717) is 18.3 Å². The molecule has 0 spiro atoms. The third-order valence-corrected chi connectivity index (χ3v) is 11.8. The summed E-state index contributed by atoms with van der Waals surface area (Å²) in [4.78, 5) is 24.7. The van der Waals surface area contributed by atoms with Gasteiger partial charge in [0.05, 0.1) is 19.1 Å². The number of aliphatic hydroxyl groups excluding tert-OH is 1. The zero-order valence-electron chi connectivity index (χ0n) is 23.4. The van der Waals surface area contributed by atoms with E-state index in [1.54, 1.807) is 18.1 Å². The maximum atomic E-state index is 12.9. The Labute approximate surface area is 213 Å². The Balaban J connectivity index is 1.55. The van der Waals surface area contributed by atoms with Gasteiger partial charge in [0.2, 0.25) is 0 Å². The second-order valence-electron chi connectivity index (χ2n) is 13.8. The maximum absolute atomic E-state index is 12.9. The molecule has 0 aromatic heterocycles. The van der Waals surface area contributed by atoms with Crippen molar-refractivity contribution >= 4 is 11.8 Å². The highest BCUT2D eigenvalue weighted by Gasteiger charge is 2.61. The summed E-state index contributed by atoms with van der Waals surface area (Å²) in [6, 6.07) is 0. The molecule has 2 fully saturated rings. The number of carbonyl (C=O) groups excluding carboxylic acids is 2. The fourth-order valence-corrected chi connectivity index (χ4v) is 8.97. The van der Waals surface area contributed by atoms with E-state index < -0.39 is 0 Å². The van der Waals surface area contributed by atoms with Gasteiger partial charge in [0.15, 0.2) is 0 Å². The van der Waals surface area contributed by atoms with Crippen molar-refractivity contribution in [1.82, 2.24) is 0 Å². The summed E-state index contributed by atoms with van der Waals surface area (Å²) >= 11 is 0. The van der Waals surface area contributed by atoms with E-state index in [4.69, 9.17) is 4.74 Å². The van der Waals surface area contributed by atoms with E-state index in [0.717, 1.165) is 32.1 Å². The summed E-state index contributed by atoms with van der Waals surface area (Å²) in [6.07, 6.45) is 12.0. The van der Waals surface area contributed by atoms with Gasteiger partial charge in [-0.05, 0) is 89.1 Å². The predicted octanol–water partition coefficient (Wildman–Crippen LogP) is 6.67. The molecule has 35 heavy (non-hydrogen) atoms. The lowest BCUT2D eigenvalue weighted by Gasteiger charge is -2.62. The molecule has 8 atom stereocenters. The topological polar surface area (TPSA) is 63.6 Å². The van der Waals surface area contributed by atoms with Crippen LogP contribution in [0.2, 0.25) is 0 Å². The van der Waals surface area contributed by atoms with Gasteiger partial charge in [-0.25, -0.2) is 0 Å². The quantitative estimate of drug-likeness (QED) is 0.428. The minimum Gasteiger partial charge on any atom is -0.469 e. The Morgan fingerprint density at radius 3 is 2.40 bits per heavy atom. The van der Waals surface area contributed by atoms with E-state index in [2.05, 4.69) is 53.7 Å². The molecule has 4 nitrogen and oxygen atoms in total. The highest BCUT2D eigenvalue weighted by Crippen LogP contribution is 2.70. The molecular formula is C31H48O4. The number of Topliss-reactive ketones (excluding diaryl/α,β-unsaturated/α-hetero) is 1. The minimum absolute atomic E-state index is 0.0259. The minimum atomic E-state index is -0.379. The first-order chi connectivity index (χ1) is 16.2. The van der Waals surface area contributed by atoms with Crippen LogP contribution in [0.25, 0.3) is 0 Å². The third kappa shape index (κ3) is 3.88. The molecule has 0 amide bonds. The zero-order valence-corrected chi connectivity index (χ0v) is 23.4. The number of hydrogen-bond acceptors (Lipinski definition) is 4. The fourth-order valence-electron chi connectivity index (χ4n) is 8.97. The predicted molar refractivity (Wildman–Crippen MR) is 140 cm³/mol. The largest absolute Gasteiger partial charge is 0.469 e. The number of esters is 1. The average molecular weight is 485 g/mol. The van der Waals surface area contributed by atoms with Crippen molar-refractivity contribution in [3.63, 3.8) is 0 Å². The van der Waals surface area contributed by atoms with Crippen molar-refractivity contribution in [1.29, 1.82) is 0 Å². The summed E-state index contributed by atoms with van der Waals surface area (Å²) in [5.74, 6) is 0.798. The van der Waals surface area contributed by atoms with Crippen molar-refractivity contribution in [3.8, 4) is 0 Å². The number of allylic oxidation sites excluding steroid dienone is 4. The van der Waals surface area contributed by atoms with Gasteiger partial charge in [0, 0.05) is 12.8 Å². The highest BCUT2D eigenvalue weighted by atomic mass is 16.5. The van der Waals surface area contributed by atoms with E-state index in [-0.39, 0.29) is 57.8 Å². The van der Waals surface area contributed by atoms with Gasteiger partial charge in [-0.3, -0.25) is 9.59 Å². The Bertz CT molecular complexity index is 944. The van der Waals surface area contributed by atoms with Crippen LogP contribution < -0.4 is 0 Å². The van der Waals surface area contributed by atoms with Crippen LogP contribution >= 0.6 is 0 Å². The van der Waals surface area contributed by atoms with Crippen LogP contribution in [0.15, 0.2) is 23.3 Å². The molecule has 0 aromatic rings. The van der Waals surface area contributed by atoms with Crippen molar-refractivity contribution in [2.75, 3.05) is 7.11 Å². The first-order valence-corrected chi connectivity index (χ1v) is 13.9. The second kappa shape index (κ2) is 8.85. The van der Waals surface area contributed by atoms with Crippen molar-refractivity contribution < 1.29 is 19.4 Å². The van der Waals surface area contributed by atoms with E-state index in [1.165, 1.54) is 13.5 Å². The van der Waals surface area contributed by atoms with Gasteiger partial charge in [0.1, 0.15) is 5.78 Å². The van der Waals surface area contributed by atoms with Crippen LogP contribution in [0.4, 0.5) is 0 Å². The monoisotopic (exact) mass is 484 g/mol. The highest BCUT2D eigenvalue weighted by molar-refractivity contribution is 5.84. The second-order valence-corrected chi connectivity index (χ2v) is 13.8. The molecule has 196 valence electrons. The molecule has 4 aliphatic carbocycles. The number of ether oxygens (including phenoxy) is 1. The molecule has 0 bridgehead atoms. The summed E-state index contributed by atoms with van der Waals surface area (Å²) in [5.41, 5.74) is 3.39. The summed E-state index contributed by atoms with van der Waals surface area (Å²) < 4.78 is 4.82. The molecule has 0 aliphatic heterocycles. The molecule has 8 unspecified atom stereocenters. The Morgan fingerprint density at radius 2 is 1.74 bits per heavy atom. The summed E-state index contributed by atoms with van der Waals surface area (Å²) in [6.45, 7) is 15.9. The standard InChI is InChI=1S/C31H48O4/c1-19(27(34)35-8)17-21(32)18-20(2)30(6)15-12-24-22-9-10-25-28(3,4)26(33)13-14-29(25,5)23(22)11-16-31(24,30)7/h9,12,19-20,23,25-26,33H,10-11,13-18H2,1-8H3. The zero-order chi connectivity index (χ0) is 26.0. The molecule has 1 N–H and O–H groups in total. The summed E-state index contributed by atoms with van der Waals surface area (Å²) in [5, 5.41) is 10.8. The molecule has 0 saturated heterocycles. The molecule has 0 aromatic carbocycles. The van der Waals surface area contributed by atoms with Crippen LogP contribution in [0, 0.1) is 45.3 Å². The molecule has 4 heteroatoms. The van der Waals surface area contributed by atoms with Gasteiger partial charge in [-0.2, -0.15) is 0 Å². The number of methoxy groups -OCH3 is 1. The number of aliphatic hydroxyl groups is 1. The van der Waals surface area contributed by atoms with Gasteiger partial charge < -0.3 is 9.84 Å². The van der Waals surface area contributed by atoms with Crippen LogP contribution in [0.3, 0.4) is 0 Å². The smallest absolute Gasteiger partial charge is 0.308 e. The van der Waals surface area contributed by atoms with Gasteiger partial charge in [-0.1, -0.05) is 60.6 Å². The first kappa shape index (κ1) is 26.6. The number of carbonyl (C=O) groups is 2. The Kier molecular flexibility index (Phi) is 6.74. The third-order valence-electron chi connectivity index (χ3n) is 11.8. The number of hydrogen-bond donors (Lipinski definition) is 1. The van der Waals surface area contributed by atoms with Gasteiger partial charge in [0.25, 0.3) is 0 Å². The van der Waals surface area contributed by atoms with Crippen LogP contribution in [0.5, 0.6) is 0 Å². The Morgan fingerprint density at radius 1 is 1.06 bits per heavy atom. The van der Waals surface area contributed by atoms with Crippen LogP contribution in [-0.4, -0.2) is 30.1 Å². The van der Waals surface area contributed by atoms with Crippen molar-refractivity contribution in [2.45, 2.75) is 106 Å². The molecule has 0 heterocycles. The maximum Gasteiger partial charge on any atom is 0.308 e. The molecule has 4 aliphatic rings. The van der Waals surface area contributed by atoms with Crippen molar-refractivity contribution in [2.24, 2.45) is 45.3 Å². The number of rotatable bonds is 6. The summed E-state index contributed by atoms with van der Waals surface area (Å²) in [7, 11) is 1.38. The first-order valence-electron chi connectivity index (χ1n) is 13.9. The van der Waals surface area contributed by atoms with E-state index >= 15 is 0 Å². The van der Waals surface area contributed by atoms with Crippen LogP contribution in [0.1, 0.15) is 99.8 Å². The lowest BCUT2D eigenvalue weighted by molar-refractivity contribution is -0.146. The average Bonchev–Trinajstić information content (AvgIpc) is 3.08. The molecular weight excluding hydrogens is 436 g/mol. The fraction of sp³-hybridized carbons (Fsp3) is 0.806. The van der Waals surface area contributed by atoms with Crippen molar-refractivity contribution in [3.05, 3.63) is 23.3 Å². The van der Waals surface area contributed by atoms with Gasteiger partial charge in [-0.15, -0.1) is 0 Å². The van der Waals surface area contributed by atoms with Crippen LogP contribution in [-0.2, 0) is 14.3 Å². The van der Waals surface area contributed by atoms with E-state index in [9.17, 15) is 14.7 Å². The lowest BCUT2D eigenvalue weighted by Crippen LogP contribution is -2.56. The number of ketones is 1. The normalized spacial score (nSPS) is 41.5.